The Morgan fingerprint density at radius 2 is 1.59 bits per heavy atom. The molecule has 0 unspecified atom stereocenters. The van der Waals surface area contributed by atoms with Crippen LogP contribution in [0.2, 0.25) is 0 Å². The van der Waals surface area contributed by atoms with E-state index in [0.29, 0.717) is 6.42 Å². The number of amides is 1. The smallest absolute Gasteiger partial charge is 0.264 e. The zero-order valence-electron chi connectivity index (χ0n) is 18.2. The van der Waals surface area contributed by atoms with Crippen molar-refractivity contribution >= 4 is 21.6 Å². The molecule has 3 aromatic rings. The van der Waals surface area contributed by atoms with Gasteiger partial charge in [0.05, 0.1) is 10.6 Å². The summed E-state index contributed by atoms with van der Waals surface area (Å²) >= 11 is 0. The number of anilines is 1. The maximum Gasteiger partial charge on any atom is 0.264 e. The van der Waals surface area contributed by atoms with Crippen LogP contribution in [0.5, 0.6) is 0 Å². The van der Waals surface area contributed by atoms with Crippen LogP contribution in [0.25, 0.3) is 0 Å². The molecule has 0 bridgehead atoms. The molecule has 0 aliphatic carbocycles. The molecule has 0 saturated carbocycles. The molecule has 3 aromatic carbocycles. The van der Waals surface area contributed by atoms with E-state index in [1.807, 2.05) is 44.2 Å². The predicted molar refractivity (Wildman–Crippen MR) is 124 cm³/mol. The second-order valence-electron chi connectivity index (χ2n) is 7.77. The molecule has 0 aliphatic heterocycles. The molecule has 0 radical (unpaired) electrons. The van der Waals surface area contributed by atoms with Crippen molar-refractivity contribution in [2.75, 3.05) is 10.8 Å². The van der Waals surface area contributed by atoms with Crippen molar-refractivity contribution in [2.24, 2.45) is 0 Å². The van der Waals surface area contributed by atoms with Gasteiger partial charge >= 0.3 is 0 Å². The largest absolute Gasteiger partial charge is 0.352 e. The molecule has 168 valence electrons. The molecule has 1 atom stereocenters. The van der Waals surface area contributed by atoms with E-state index in [1.54, 1.807) is 12.1 Å². The highest BCUT2D eigenvalue weighted by Crippen LogP contribution is 2.26. The minimum absolute atomic E-state index is 0.00345. The van der Waals surface area contributed by atoms with Gasteiger partial charge in [-0.3, -0.25) is 9.10 Å². The lowest BCUT2D eigenvalue weighted by Crippen LogP contribution is -2.44. The summed E-state index contributed by atoms with van der Waals surface area (Å²) < 4.78 is 42.0. The Hall–Kier alpha value is -3.19. The highest BCUT2D eigenvalue weighted by molar-refractivity contribution is 7.92. The molecule has 0 aromatic heterocycles. The van der Waals surface area contributed by atoms with E-state index >= 15 is 0 Å². The third kappa shape index (κ3) is 5.95. The summed E-state index contributed by atoms with van der Waals surface area (Å²) in [6.45, 7) is 3.19. The Morgan fingerprint density at radius 3 is 2.25 bits per heavy atom. The molecule has 1 amide bonds. The van der Waals surface area contributed by atoms with Crippen molar-refractivity contribution in [3.05, 3.63) is 95.8 Å². The molecule has 32 heavy (non-hydrogen) atoms. The first-order valence-corrected chi connectivity index (χ1v) is 11.9. The number of sulfonamides is 1. The summed E-state index contributed by atoms with van der Waals surface area (Å²) in [4.78, 5) is 12.7. The third-order valence-corrected chi connectivity index (χ3v) is 6.91. The van der Waals surface area contributed by atoms with Gasteiger partial charge in [-0.05, 0) is 56.5 Å². The molecule has 0 heterocycles. The summed E-state index contributed by atoms with van der Waals surface area (Å²) in [5.41, 5.74) is 1.88. The van der Waals surface area contributed by atoms with E-state index in [0.717, 1.165) is 21.9 Å². The van der Waals surface area contributed by atoms with Crippen molar-refractivity contribution in [3.63, 3.8) is 0 Å². The fraction of sp³-hybridized carbons (Fsp3) is 0.240. The molecule has 7 heteroatoms. The predicted octanol–water partition coefficient (Wildman–Crippen LogP) is 4.47. The Bertz CT molecular complexity index is 1150. The van der Waals surface area contributed by atoms with Gasteiger partial charge in [-0.1, -0.05) is 60.2 Å². The normalized spacial score (nSPS) is 12.2. The van der Waals surface area contributed by atoms with Crippen LogP contribution in [0, 0.1) is 12.7 Å². The summed E-state index contributed by atoms with van der Waals surface area (Å²) in [6, 6.07) is 21.5. The minimum Gasteiger partial charge on any atom is -0.352 e. The van der Waals surface area contributed by atoms with Crippen LogP contribution < -0.4 is 9.62 Å². The van der Waals surface area contributed by atoms with Crippen LogP contribution in [0.4, 0.5) is 10.1 Å². The SMILES string of the molecule is Cc1ccc(S(=O)(=O)N(CC(=O)N[C@H](C)CCc2ccccc2)c2ccccc2F)cc1. The van der Waals surface area contributed by atoms with E-state index in [9.17, 15) is 17.6 Å². The molecule has 3 rings (SSSR count). The highest BCUT2D eigenvalue weighted by Gasteiger charge is 2.29. The van der Waals surface area contributed by atoms with E-state index in [4.69, 9.17) is 0 Å². The maximum atomic E-state index is 14.5. The van der Waals surface area contributed by atoms with Gasteiger partial charge in [-0.25, -0.2) is 12.8 Å². The molecule has 0 spiro atoms. The Balaban J connectivity index is 1.77. The van der Waals surface area contributed by atoms with Crippen LogP contribution >= 0.6 is 0 Å². The number of carbonyl (C=O) groups excluding carboxylic acids is 1. The fourth-order valence-corrected chi connectivity index (χ4v) is 4.77. The number of nitrogens with one attached hydrogen (secondary N) is 1. The number of halogens is 1. The molecular formula is C25H27FN2O3S. The number of para-hydroxylation sites is 1. The summed E-state index contributed by atoms with van der Waals surface area (Å²) in [5.74, 6) is -1.21. The van der Waals surface area contributed by atoms with Gasteiger partial charge in [-0.2, -0.15) is 0 Å². The van der Waals surface area contributed by atoms with Gasteiger partial charge in [0.15, 0.2) is 0 Å². The van der Waals surface area contributed by atoms with Gasteiger partial charge in [0.1, 0.15) is 12.4 Å². The number of nitrogens with zero attached hydrogens (tertiary/aromatic N) is 1. The fourth-order valence-electron chi connectivity index (χ4n) is 3.34. The average Bonchev–Trinajstić information content (AvgIpc) is 2.77. The lowest BCUT2D eigenvalue weighted by molar-refractivity contribution is -0.120. The van der Waals surface area contributed by atoms with Gasteiger partial charge < -0.3 is 5.32 Å². The highest BCUT2D eigenvalue weighted by atomic mass is 32.2. The zero-order chi connectivity index (χ0) is 23.1. The Labute approximate surface area is 188 Å². The van der Waals surface area contributed by atoms with Crippen molar-refractivity contribution < 1.29 is 17.6 Å². The minimum atomic E-state index is -4.15. The first-order valence-electron chi connectivity index (χ1n) is 10.4. The molecule has 5 nitrogen and oxygen atoms in total. The van der Waals surface area contributed by atoms with Crippen LogP contribution in [0.15, 0.2) is 83.8 Å². The second-order valence-corrected chi connectivity index (χ2v) is 9.63. The standard InChI is InChI=1S/C25H27FN2O3S/c1-19-12-16-22(17-13-19)32(30,31)28(24-11-7-6-10-23(24)26)18-25(29)27-20(2)14-15-21-8-4-3-5-9-21/h3-13,16-17,20H,14-15,18H2,1-2H3,(H,27,29)/t20-/m1/s1. The van der Waals surface area contributed by atoms with Gasteiger partial charge in [-0.15, -0.1) is 0 Å². The molecular weight excluding hydrogens is 427 g/mol. The summed E-state index contributed by atoms with van der Waals surface area (Å²) in [6.07, 6.45) is 1.47. The van der Waals surface area contributed by atoms with E-state index in [1.165, 1.54) is 36.4 Å². The van der Waals surface area contributed by atoms with Crippen molar-refractivity contribution in [1.82, 2.24) is 5.32 Å². The molecule has 0 fully saturated rings. The topological polar surface area (TPSA) is 66.5 Å². The number of benzene rings is 3. The Kier molecular flexibility index (Phi) is 7.64. The van der Waals surface area contributed by atoms with Gasteiger partial charge in [0.25, 0.3) is 10.0 Å². The van der Waals surface area contributed by atoms with Crippen LogP contribution in [-0.4, -0.2) is 26.9 Å². The van der Waals surface area contributed by atoms with Gasteiger partial charge in [0.2, 0.25) is 5.91 Å². The monoisotopic (exact) mass is 454 g/mol. The molecule has 0 saturated heterocycles. The first kappa shape index (κ1) is 23.5. The average molecular weight is 455 g/mol. The number of carbonyl (C=O) groups is 1. The molecule has 0 aliphatic rings. The van der Waals surface area contributed by atoms with Crippen molar-refractivity contribution in [2.45, 2.75) is 37.6 Å². The second kappa shape index (κ2) is 10.4. The Morgan fingerprint density at radius 1 is 0.969 bits per heavy atom. The lowest BCUT2D eigenvalue weighted by atomic mass is 10.1. The van der Waals surface area contributed by atoms with E-state index in [-0.39, 0.29) is 16.6 Å². The van der Waals surface area contributed by atoms with E-state index < -0.39 is 28.3 Å². The van der Waals surface area contributed by atoms with Gasteiger partial charge in [0, 0.05) is 6.04 Å². The first-order chi connectivity index (χ1) is 15.3. The number of aryl methyl sites for hydroxylation is 2. The van der Waals surface area contributed by atoms with E-state index in [2.05, 4.69) is 5.32 Å². The number of rotatable bonds is 9. The van der Waals surface area contributed by atoms with Crippen LogP contribution in [-0.2, 0) is 21.2 Å². The van der Waals surface area contributed by atoms with Crippen LogP contribution in [0.3, 0.4) is 0 Å². The number of hydrogen-bond donors (Lipinski definition) is 1. The van der Waals surface area contributed by atoms with Crippen molar-refractivity contribution in [3.8, 4) is 0 Å². The maximum absolute atomic E-state index is 14.5. The van der Waals surface area contributed by atoms with Crippen LogP contribution in [0.1, 0.15) is 24.5 Å². The molecule has 1 N–H and O–H groups in total. The van der Waals surface area contributed by atoms with Crippen molar-refractivity contribution in [1.29, 1.82) is 0 Å². The lowest BCUT2D eigenvalue weighted by Gasteiger charge is -2.25. The quantitative estimate of drug-likeness (QED) is 0.519. The summed E-state index contributed by atoms with van der Waals surface area (Å²) in [7, 11) is -4.15. The number of hydrogen-bond acceptors (Lipinski definition) is 3. The zero-order valence-corrected chi connectivity index (χ0v) is 19.0. The third-order valence-electron chi connectivity index (χ3n) is 5.13. The summed E-state index contributed by atoms with van der Waals surface area (Å²) in [5, 5.41) is 2.84.